The van der Waals surface area contributed by atoms with Gasteiger partial charge in [0.05, 0.1) is 24.2 Å². The van der Waals surface area contributed by atoms with Gasteiger partial charge < -0.3 is 9.30 Å². The van der Waals surface area contributed by atoms with E-state index in [0.29, 0.717) is 17.9 Å². The smallest absolute Gasteiger partial charge is 0.414 e. The SMILES string of the molecule is CC(C)(C)CC1CN(c2ccc(-n3ccnc3)c(F)c2)C(=O)O1. The molecule has 122 valence electrons. The molecule has 1 aliphatic rings. The lowest BCUT2D eigenvalue weighted by Gasteiger charge is -2.21. The van der Waals surface area contributed by atoms with E-state index in [1.165, 1.54) is 17.3 Å². The van der Waals surface area contributed by atoms with E-state index in [0.717, 1.165) is 6.42 Å². The van der Waals surface area contributed by atoms with E-state index in [1.54, 1.807) is 29.1 Å². The van der Waals surface area contributed by atoms with Gasteiger partial charge in [-0.15, -0.1) is 0 Å². The van der Waals surface area contributed by atoms with Crippen molar-refractivity contribution in [1.29, 1.82) is 0 Å². The van der Waals surface area contributed by atoms with Gasteiger partial charge in [-0.3, -0.25) is 4.90 Å². The van der Waals surface area contributed by atoms with Crippen molar-refractivity contribution in [3.05, 3.63) is 42.7 Å². The van der Waals surface area contributed by atoms with Crippen molar-refractivity contribution in [2.45, 2.75) is 33.3 Å². The molecule has 1 unspecified atom stereocenters. The Bertz CT molecular complexity index is 707. The van der Waals surface area contributed by atoms with Crippen LogP contribution in [0.2, 0.25) is 0 Å². The fourth-order valence-electron chi connectivity index (χ4n) is 2.80. The molecule has 1 aromatic heterocycles. The first kappa shape index (κ1) is 15.5. The molecule has 3 rings (SSSR count). The number of imidazole rings is 1. The summed E-state index contributed by atoms with van der Waals surface area (Å²) in [6, 6.07) is 4.71. The molecule has 0 bridgehead atoms. The van der Waals surface area contributed by atoms with Crippen LogP contribution in [0.3, 0.4) is 0 Å². The van der Waals surface area contributed by atoms with E-state index in [1.807, 2.05) is 0 Å². The Morgan fingerprint density at radius 3 is 2.78 bits per heavy atom. The molecule has 1 atom stereocenters. The molecule has 0 radical (unpaired) electrons. The van der Waals surface area contributed by atoms with Crippen LogP contribution >= 0.6 is 0 Å². The van der Waals surface area contributed by atoms with Gasteiger partial charge in [-0.25, -0.2) is 14.2 Å². The summed E-state index contributed by atoms with van der Waals surface area (Å²) in [5.41, 5.74) is 0.968. The normalized spacial score (nSPS) is 18.3. The molecule has 1 amide bonds. The van der Waals surface area contributed by atoms with Crippen molar-refractivity contribution in [2.75, 3.05) is 11.4 Å². The highest BCUT2D eigenvalue weighted by Gasteiger charge is 2.34. The summed E-state index contributed by atoms with van der Waals surface area (Å²) in [4.78, 5) is 17.5. The summed E-state index contributed by atoms with van der Waals surface area (Å²) in [6.45, 7) is 6.75. The molecule has 2 aromatic rings. The molecule has 5 nitrogen and oxygen atoms in total. The third kappa shape index (κ3) is 3.36. The van der Waals surface area contributed by atoms with Gasteiger partial charge in [0, 0.05) is 12.4 Å². The first-order chi connectivity index (χ1) is 10.8. The fourth-order valence-corrected chi connectivity index (χ4v) is 2.80. The topological polar surface area (TPSA) is 47.4 Å². The van der Waals surface area contributed by atoms with E-state index in [2.05, 4.69) is 25.8 Å². The molecular weight excluding hydrogens is 297 g/mol. The number of cyclic esters (lactones) is 1. The van der Waals surface area contributed by atoms with Gasteiger partial charge in [-0.1, -0.05) is 20.8 Å². The number of amides is 1. The highest BCUT2D eigenvalue weighted by Crippen LogP contribution is 2.30. The zero-order valence-corrected chi connectivity index (χ0v) is 13.5. The average molecular weight is 317 g/mol. The summed E-state index contributed by atoms with van der Waals surface area (Å²) in [6.07, 6.45) is 4.96. The van der Waals surface area contributed by atoms with Crippen molar-refractivity contribution < 1.29 is 13.9 Å². The van der Waals surface area contributed by atoms with Crippen LogP contribution in [0.15, 0.2) is 36.9 Å². The Hall–Kier alpha value is -2.37. The third-order valence-corrected chi connectivity index (χ3v) is 3.74. The van der Waals surface area contributed by atoms with Crippen molar-refractivity contribution in [3.63, 3.8) is 0 Å². The zero-order valence-electron chi connectivity index (χ0n) is 13.5. The molecule has 0 N–H and O–H groups in total. The molecular formula is C17H20FN3O2. The van der Waals surface area contributed by atoms with Crippen LogP contribution in [0, 0.1) is 11.2 Å². The first-order valence-corrected chi connectivity index (χ1v) is 7.59. The summed E-state index contributed by atoms with van der Waals surface area (Å²) >= 11 is 0. The Labute approximate surface area is 134 Å². The van der Waals surface area contributed by atoms with E-state index in [-0.39, 0.29) is 11.5 Å². The molecule has 0 saturated carbocycles. The largest absolute Gasteiger partial charge is 0.444 e. The molecule has 0 aliphatic carbocycles. The number of hydrogen-bond donors (Lipinski definition) is 0. The molecule has 6 heteroatoms. The number of nitrogens with zero attached hydrogens (tertiary/aromatic N) is 3. The summed E-state index contributed by atoms with van der Waals surface area (Å²) in [5, 5.41) is 0. The molecule has 1 aliphatic heterocycles. The molecule has 0 spiro atoms. The van der Waals surface area contributed by atoms with Crippen molar-refractivity contribution in [1.82, 2.24) is 9.55 Å². The Kier molecular flexibility index (Phi) is 3.83. The Morgan fingerprint density at radius 2 is 2.17 bits per heavy atom. The summed E-state index contributed by atoms with van der Waals surface area (Å²) in [7, 11) is 0. The number of aromatic nitrogens is 2. The molecule has 23 heavy (non-hydrogen) atoms. The minimum atomic E-state index is -0.422. The van der Waals surface area contributed by atoms with Gasteiger partial charge in [-0.05, 0) is 30.0 Å². The molecule has 1 aromatic carbocycles. The van der Waals surface area contributed by atoms with Gasteiger partial charge >= 0.3 is 6.09 Å². The standard InChI is InChI=1S/C17H20FN3O2/c1-17(2,3)9-13-10-21(16(22)23-13)12-4-5-15(14(18)8-12)20-7-6-19-11-20/h4-8,11,13H,9-10H2,1-3H3. The van der Waals surface area contributed by atoms with Gasteiger partial charge in [-0.2, -0.15) is 0 Å². The maximum Gasteiger partial charge on any atom is 0.414 e. The monoisotopic (exact) mass is 317 g/mol. The number of carbonyl (C=O) groups excluding carboxylic acids is 1. The minimum Gasteiger partial charge on any atom is -0.444 e. The fraction of sp³-hybridized carbons (Fsp3) is 0.412. The number of halogens is 1. The number of ether oxygens (including phenoxy) is 1. The zero-order chi connectivity index (χ0) is 16.6. The predicted molar refractivity (Wildman–Crippen MR) is 85.2 cm³/mol. The van der Waals surface area contributed by atoms with E-state index in [9.17, 15) is 9.18 Å². The quantitative estimate of drug-likeness (QED) is 0.865. The predicted octanol–water partition coefficient (Wildman–Crippen LogP) is 3.77. The minimum absolute atomic E-state index is 0.0670. The Balaban J connectivity index is 1.80. The van der Waals surface area contributed by atoms with Gasteiger partial charge in [0.1, 0.15) is 11.9 Å². The third-order valence-electron chi connectivity index (χ3n) is 3.74. The van der Waals surface area contributed by atoms with Crippen LogP contribution in [0.5, 0.6) is 0 Å². The van der Waals surface area contributed by atoms with Gasteiger partial charge in [0.25, 0.3) is 0 Å². The van der Waals surface area contributed by atoms with Crippen LogP contribution in [0.1, 0.15) is 27.2 Å². The van der Waals surface area contributed by atoms with E-state index < -0.39 is 11.9 Å². The number of benzene rings is 1. The molecule has 1 saturated heterocycles. The summed E-state index contributed by atoms with van der Waals surface area (Å²) in [5.74, 6) is -0.410. The molecule has 2 heterocycles. The first-order valence-electron chi connectivity index (χ1n) is 7.59. The van der Waals surface area contributed by atoms with Gasteiger partial charge in [0.2, 0.25) is 0 Å². The molecule has 1 fully saturated rings. The van der Waals surface area contributed by atoms with Crippen molar-refractivity contribution in [3.8, 4) is 5.69 Å². The lowest BCUT2D eigenvalue weighted by Crippen LogP contribution is -2.26. The highest BCUT2D eigenvalue weighted by molar-refractivity contribution is 5.89. The van der Waals surface area contributed by atoms with Crippen molar-refractivity contribution >= 4 is 11.8 Å². The van der Waals surface area contributed by atoms with E-state index >= 15 is 0 Å². The number of carbonyl (C=O) groups is 1. The average Bonchev–Trinajstić information content (AvgIpc) is 3.06. The van der Waals surface area contributed by atoms with E-state index in [4.69, 9.17) is 4.74 Å². The maximum atomic E-state index is 14.3. The van der Waals surface area contributed by atoms with Crippen LogP contribution in [0.4, 0.5) is 14.9 Å². The second-order valence-electron chi connectivity index (χ2n) is 6.99. The van der Waals surface area contributed by atoms with Gasteiger partial charge in [0.15, 0.2) is 0 Å². The number of anilines is 1. The summed E-state index contributed by atoms with van der Waals surface area (Å²) < 4.78 is 21.3. The van der Waals surface area contributed by atoms with Crippen molar-refractivity contribution in [2.24, 2.45) is 5.41 Å². The number of hydrogen-bond acceptors (Lipinski definition) is 3. The lowest BCUT2D eigenvalue weighted by atomic mass is 9.89. The number of rotatable bonds is 3. The lowest BCUT2D eigenvalue weighted by molar-refractivity contribution is 0.114. The maximum absolute atomic E-state index is 14.3. The van der Waals surface area contributed by atoms with Crippen LogP contribution in [-0.2, 0) is 4.74 Å². The van der Waals surface area contributed by atoms with Crippen LogP contribution in [0.25, 0.3) is 5.69 Å². The second-order valence-corrected chi connectivity index (χ2v) is 6.99. The van der Waals surface area contributed by atoms with Crippen LogP contribution in [-0.4, -0.2) is 28.3 Å². The van der Waals surface area contributed by atoms with Crippen LogP contribution < -0.4 is 4.90 Å². The Morgan fingerprint density at radius 1 is 1.39 bits per heavy atom. The highest BCUT2D eigenvalue weighted by atomic mass is 19.1. The second kappa shape index (κ2) is 5.68.